The average Bonchev–Trinajstić information content (AvgIpc) is 3.98. The Bertz CT molecular complexity index is 2060. The molecule has 7 fully saturated rings. The molecule has 4 saturated heterocycles. The van der Waals surface area contributed by atoms with Gasteiger partial charge in [-0.05, 0) is 86.9 Å². The number of aliphatic hydroxyl groups excluding tert-OH is 16. The molecule has 0 aromatic rings. The van der Waals surface area contributed by atoms with Gasteiger partial charge in [-0.25, -0.2) is 0 Å². The van der Waals surface area contributed by atoms with Crippen LogP contribution in [0.2, 0.25) is 0 Å². The lowest BCUT2D eigenvalue weighted by atomic mass is 9.38. The van der Waals surface area contributed by atoms with E-state index in [-0.39, 0.29) is 29.6 Å². The Morgan fingerprint density at radius 3 is 1.70 bits per heavy atom. The Labute approximate surface area is 460 Å². The lowest BCUT2D eigenvalue weighted by molar-refractivity contribution is -0.365. The van der Waals surface area contributed by atoms with Crippen LogP contribution >= 0.6 is 0 Å². The Balaban J connectivity index is 0.925. The van der Waals surface area contributed by atoms with E-state index in [1.54, 1.807) is 0 Å². The van der Waals surface area contributed by atoms with Crippen LogP contribution in [0.1, 0.15) is 100 Å². The highest BCUT2D eigenvalue weighted by Crippen LogP contribution is 2.75. The molecular weight excluding hydrogens is 1050 g/mol. The molecular formula is C54H92O25. The third kappa shape index (κ3) is 11.2. The monoisotopic (exact) mass is 1140 g/mol. The molecule has 8 rings (SSSR count). The number of hydrogen-bond donors (Lipinski definition) is 17. The summed E-state index contributed by atoms with van der Waals surface area (Å²) in [6.45, 7) is 12.9. The van der Waals surface area contributed by atoms with E-state index in [0.29, 0.717) is 25.7 Å². The molecule has 0 spiro atoms. The van der Waals surface area contributed by atoms with Crippen molar-refractivity contribution < 1.29 is 125 Å². The first-order valence-corrected chi connectivity index (χ1v) is 28.1. The molecule has 0 aromatic carbocycles. The van der Waals surface area contributed by atoms with Gasteiger partial charge in [0, 0.05) is 17.3 Å². The van der Waals surface area contributed by atoms with Crippen molar-refractivity contribution in [2.24, 2.45) is 45.3 Å². The van der Waals surface area contributed by atoms with E-state index in [1.165, 1.54) is 13.8 Å². The van der Waals surface area contributed by atoms with Crippen LogP contribution in [0, 0.1) is 45.3 Å². The van der Waals surface area contributed by atoms with Crippen LogP contribution in [0.4, 0.5) is 0 Å². The summed E-state index contributed by atoms with van der Waals surface area (Å²) in [5.41, 5.74) is -2.65. The molecule has 17 N–H and O–H groups in total. The highest BCUT2D eigenvalue weighted by molar-refractivity contribution is 5.32. The van der Waals surface area contributed by atoms with E-state index in [2.05, 4.69) is 26.8 Å². The number of allylic oxidation sites excluding steroid dienone is 1. The summed E-state index contributed by atoms with van der Waals surface area (Å²) in [6, 6.07) is 0. The fourth-order valence-corrected chi connectivity index (χ4v) is 15.6. The van der Waals surface area contributed by atoms with E-state index in [9.17, 15) is 86.8 Å². The zero-order valence-corrected chi connectivity index (χ0v) is 46.4. The van der Waals surface area contributed by atoms with Crippen molar-refractivity contribution in [3.63, 3.8) is 0 Å². The van der Waals surface area contributed by atoms with Crippen molar-refractivity contribution in [2.75, 3.05) is 26.4 Å². The van der Waals surface area contributed by atoms with E-state index in [1.807, 2.05) is 20.8 Å². The molecule has 0 aromatic heterocycles. The fourth-order valence-electron chi connectivity index (χ4n) is 15.6. The van der Waals surface area contributed by atoms with E-state index >= 15 is 0 Å². The second-order valence-corrected chi connectivity index (χ2v) is 26.0. The molecule has 79 heavy (non-hydrogen) atoms. The van der Waals surface area contributed by atoms with Crippen LogP contribution in [-0.4, -0.2) is 266 Å². The molecule has 0 bridgehead atoms. The standard InChI is InChI=1S/C54H92O25/c1-21(25(58)15-33(51(4,5)71)78-47-42(68)39(65)36(62)29(76-47)20-72-46-41(67)37(63)34(60)26(17-55)73-46)22-13-14-52(6)30-11-9-23-24(54(30,8)31(59)16-53(22,52)7)10-12-32(50(23,2)3)77-48-44(70)40(66)45(28(19-57)75-48)79-49-43(69)38(64)35(61)27(18-56)74-49/h9,21-22,24-49,55-71H,10-20H2,1-8H3. The summed E-state index contributed by atoms with van der Waals surface area (Å²) >= 11 is 0. The molecule has 4 heterocycles. The van der Waals surface area contributed by atoms with Crippen LogP contribution in [0.25, 0.3) is 0 Å². The molecule has 4 aliphatic carbocycles. The molecule has 31 atom stereocenters. The smallest absolute Gasteiger partial charge is 0.187 e. The summed E-state index contributed by atoms with van der Waals surface area (Å²) < 4.78 is 46.8. The summed E-state index contributed by atoms with van der Waals surface area (Å²) in [4.78, 5) is 0. The predicted molar refractivity (Wildman–Crippen MR) is 269 cm³/mol. The summed E-state index contributed by atoms with van der Waals surface area (Å²) in [5, 5.41) is 184. The van der Waals surface area contributed by atoms with Crippen LogP contribution < -0.4 is 0 Å². The van der Waals surface area contributed by atoms with Crippen molar-refractivity contribution in [2.45, 2.75) is 253 Å². The molecule has 458 valence electrons. The number of fused-ring (bicyclic) bond motifs is 5. The molecule has 25 nitrogen and oxygen atoms in total. The quantitative estimate of drug-likeness (QED) is 0.0613. The SMILES string of the molecule is CC(C(O)CC(OC1OC(COC2OC(CO)C(O)C(O)C2O)C(O)C(O)C1O)C(C)(C)O)C1CCC2(C)C3CC=C4C(CCC(OC5OC(CO)C(OC6OC(CO)C(O)C(O)C6O)C(O)C5O)C4(C)C)C3(C)C(O)CC12C. The van der Waals surface area contributed by atoms with Gasteiger partial charge in [0.15, 0.2) is 25.2 Å². The molecule has 3 saturated carbocycles. The van der Waals surface area contributed by atoms with E-state index in [4.69, 9.17) is 37.9 Å². The van der Waals surface area contributed by atoms with Gasteiger partial charge < -0.3 is 125 Å². The fraction of sp³-hybridized carbons (Fsp3) is 0.963. The maximum atomic E-state index is 12.7. The maximum Gasteiger partial charge on any atom is 0.187 e. The van der Waals surface area contributed by atoms with Gasteiger partial charge in [0.25, 0.3) is 0 Å². The minimum atomic E-state index is -1.84. The molecule has 0 radical (unpaired) electrons. The van der Waals surface area contributed by atoms with Gasteiger partial charge in [0.05, 0.1) is 56.4 Å². The summed E-state index contributed by atoms with van der Waals surface area (Å²) in [6.07, 6.45) is -30.3. The van der Waals surface area contributed by atoms with Crippen LogP contribution in [0.15, 0.2) is 11.6 Å². The van der Waals surface area contributed by atoms with Crippen LogP contribution in [0.5, 0.6) is 0 Å². The summed E-state index contributed by atoms with van der Waals surface area (Å²) in [5.74, 6) is -0.589. The topological polar surface area (TPSA) is 418 Å². The van der Waals surface area contributed by atoms with Gasteiger partial charge in [-0.2, -0.15) is 0 Å². The van der Waals surface area contributed by atoms with E-state index in [0.717, 1.165) is 18.4 Å². The van der Waals surface area contributed by atoms with E-state index < -0.39 is 201 Å². The first-order chi connectivity index (χ1) is 36.8. The molecule has 25 heteroatoms. The number of ether oxygens (including phenoxy) is 8. The van der Waals surface area contributed by atoms with Crippen LogP contribution in [0.3, 0.4) is 0 Å². The lowest BCUT2D eigenvalue weighted by Gasteiger charge is -2.67. The highest BCUT2D eigenvalue weighted by atomic mass is 16.8. The van der Waals surface area contributed by atoms with Gasteiger partial charge in [-0.1, -0.05) is 53.2 Å². The first-order valence-electron chi connectivity index (χ1n) is 28.1. The third-order valence-electron chi connectivity index (χ3n) is 20.9. The van der Waals surface area contributed by atoms with Gasteiger partial charge in [-0.3, -0.25) is 0 Å². The second-order valence-electron chi connectivity index (χ2n) is 26.0. The molecule has 31 unspecified atom stereocenters. The number of rotatable bonds is 17. The lowest BCUT2D eigenvalue weighted by Crippen LogP contribution is -2.66. The van der Waals surface area contributed by atoms with Crippen molar-refractivity contribution in [3.8, 4) is 0 Å². The molecule has 0 amide bonds. The zero-order valence-electron chi connectivity index (χ0n) is 46.4. The Kier molecular flexibility index (Phi) is 19.3. The normalized spacial score (nSPS) is 51.4. The molecule has 8 aliphatic rings. The van der Waals surface area contributed by atoms with Gasteiger partial charge in [0.2, 0.25) is 0 Å². The first kappa shape index (κ1) is 63.8. The Morgan fingerprint density at radius 2 is 1.11 bits per heavy atom. The van der Waals surface area contributed by atoms with Crippen molar-refractivity contribution in [3.05, 3.63) is 11.6 Å². The van der Waals surface area contributed by atoms with Gasteiger partial charge >= 0.3 is 0 Å². The second kappa shape index (κ2) is 23.9. The third-order valence-corrected chi connectivity index (χ3v) is 20.9. The summed E-state index contributed by atoms with van der Waals surface area (Å²) in [7, 11) is 0. The Morgan fingerprint density at radius 1 is 0.608 bits per heavy atom. The van der Waals surface area contributed by atoms with Crippen molar-refractivity contribution >= 4 is 0 Å². The highest BCUT2D eigenvalue weighted by Gasteiger charge is 2.71. The molecule has 4 aliphatic heterocycles. The van der Waals surface area contributed by atoms with Gasteiger partial charge in [-0.15, -0.1) is 0 Å². The number of aliphatic hydroxyl groups is 17. The average molecular weight is 1140 g/mol. The predicted octanol–water partition coefficient (Wildman–Crippen LogP) is -4.26. The minimum absolute atomic E-state index is 0.00602. The van der Waals surface area contributed by atoms with Crippen LogP contribution in [-0.2, 0) is 37.9 Å². The minimum Gasteiger partial charge on any atom is -0.394 e. The largest absolute Gasteiger partial charge is 0.394 e. The maximum absolute atomic E-state index is 12.7. The number of hydrogen-bond acceptors (Lipinski definition) is 25. The van der Waals surface area contributed by atoms with Crippen molar-refractivity contribution in [1.29, 1.82) is 0 Å². The Hall–Kier alpha value is -1.26. The van der Waals surface area contributed by atoms with Gasteiger partial charge in [0.1, 0.15) is 97.7 Å². The zero-order chi connectivity index (χ0) is 58.4. The van der Waals surface area contributed by atoms with Crippen molar-refractivity contribution in [1.82, 2.24) is 0 Å².